The first-order valence-electron chi connectivity index (χ1n) is 14.0. The van der Waals surface area contributed by atoms with E-state index in [4.69, 9.17) is 14.7 Å². The molecule has 45 heavy (non-hydrogen) atoms. The summed E-state index contributed by atoms with van der Waals surface area (Å²) in [6.45, 7) is 0.583. The van der Waals surface area contributed by atoms with Crippen molar-refractivity contribution < 1.29 is 36.9 Å². The highest BCUT2D eigenvalue weighted by atomic mass is 19.1. The molecule has 228 valence electrons. The minimum absolute atomic E-state index is 0.0470. The summed E-state index contributed by atoms with van der Waals surface area (Å²) < 4.78 is 73.0. The fourth-order valence-corrected chi connectivity index (χ4v) is 5.30. The van der Waals surface area contributed by atoms with E-state index in [0.29, 0.717) is 6.61 Å². The topological polar surface area (TPSA) is 110 Å². The molecule has 0 aliphatic carbocycles. The third-order valence-corrected chi connectivity index (χ3v) is 7.59. The lowest BCUT2D eigenvalue weighted by Gasteiger charge is -2.15. The molecule has 1 N–H and O–H groups in total. The predicted molar refractivity (Wildman–Crippen MR) is 153 cm³/mol. The smallest absolute Gasteiger partial charge is 0.335 e. The highest BCUT2D eigenvalue weighted by Crippen LogP contribution is 2.30. The van der Waals surface area contributed by atoms with Crippen molar-refractivity contribution in [2.24, 2.45) is 0 Å². The van der Waals surface area contributed by atoms with Crippen molar-refractivity contribution in [2.45, 2.75) is 38.5 Å². The van der Waals surface area contributed by atoms with E-state index in [2.05, 4.69) is 9.97 Å². The molecule has 5 aromatic rings. The van der Waals surface area contributed by atoms with Gasteiger partial charge in [-0.25, -0.2) is 32.3 Å². The van der Waals surface area contributed by atoms with Gasteiger partial charge in [0.15, 0.2) is 5.82 Å². The maximum atomic E-state index is 15.5. The van der Waals surface area contributed by atoms with Gasteiger partial charge in [-0.2, -0.15) is 5.26 Å². The Morgan fingerprint density at radius 1 is 1.00 bits per heavy atom. The van der Waals surface area contributed by atoms with E-state index in [-0.39, 0.29) is 81.9 Å². The average Bonchev–Trinajstić information content (AvgIpc) is 3.67. The van der Waals surface area contributed by atoms with Gasteiger partial charge in [0, 0.05) is 30.2 Å². The predicted octanol–water partition coefficient (Wildman–Crippen LogP) is 6.57. The maximum absolute atomic E-state index is 15.5. The highest BCUT2D eigenvalue weighted by molar-refractivity contribution is 5.92. The fourth-order valence-electron chi connectivity index (χ4n) is 5.30. The second kappa shape index (κ2) is 12.4. The van der Waals surface area contributed by atoms with Crippen LogP contribution < -0.4 is 4.74 Å². The van der Waals surface area contributed by atoms with Gasteiger partial charge in [-0.15, -0.1) is 0 Å². The third kappa shape index (κ3) is 6.21. The molecule has 3 heterocycles. The lowest BCUT2D eigenvalue weighted by Crippen LogP contribution is -2.17. The Labute approximate surface area is 254 Å². The van der Waals surface area contributed by atoms with Crippen LogP contribution in [0.5, 0.6) is 5.88 Å². The van der Waals surface area contributed by atoms with Gasteiger partial charge in [0.2, 0.25) is 5.88 Å². The molecule has 1 aliphatic heterocycles. The molecule has 1 atom stereocenters. The Bertz CT molecular complexity index is 1980. The molecule has 1 aliphatic rings. The van der Waals surface area contributed by atoms with Crippen LogP contribution in [0.25, 0.3) is 22.3 Å². The van der Waals surface area contributed by atoms with Crippen LogP contribution in [0.3, 0.4) is 0 Å². The average molecular weight is 617 g/mol. The first-order chi connectivity index (χ1) is 21.7. The molecule has 0 saturated carbocycles. The normalized spacial score (nSPS) is 14.5. The van der Waals surface area contributed by atoms with Gasteiger partial charge in [-0.3, -0.25) is 0 Å². The van der Waals surface area contributed by atoms with Gasteiger partial charge in [0.25, 0.3) is 0 Å². The quantitative estimate of drug-likeness (QED) is 0.187. The Morgan fingerprint density at radius 2 is 1.82 bits per heavy atom. The van der Waals surface area contributed by atoms with Crippen molar-refractivity contribution >= 4 is 17.0 Å². The van der Waals surface area contributed by atoms with Crippen molar-refractivity contribution in [1.29, 1.82) is 5.26 Å². The molecule has 1 fully saturated rings. The lowest BCUT2D eigenvalue weighted by molar-refractivity contribution is 0.0696. The zero-order valence-electron chi connectivity index (χ0n) is 23.6. The molecule has 3 aromatic carbocycles. The van der Waals surface area contributed by atoms with E-state index >= 15 is 8.78 Å². The molecule has 6 rings (SSSR count). The summed E-state index contributed by atoms with van der Waals surface area (Å²) in [6, 6.07) is 14.5. The van der Waals surface area contributed by atoms with Crippen LogP contribution in [0.15, 0.2) is 60.7 Å². The van der Waals surface area contributed by atoms with E-state index in [0.717, 1.165) is 37.1 Å². The number of rotatable bonds is 9. The Balaban J connectivity index is 1.28. The molecule has 0 radical (unpaired) electrons. The number of carbonyl (C=O) groups is 1. The van der Waals surface area contributed by atoms with Gasteiger partial charge >= 0.3 is 5.97 Å². The van der Waals surface area contributed by atoms with Crippen LogP contribution >= 0.6 is 0 Å². The minimum Gasteiger partial charge on any atom is -0.478 e. The summed E-state index contributed by atoms with van der Waals surface area (Å²) >= 11 is 0. The lowest BCUT2D eigenvalue weighted by atomic mass is 10.0. The summed E-state index contributed by atoms with van der Waals surface area (Å²) in [5, 5.41) is 18.4. The van der Waals surface area contributed by atoms with E-state index in [9.17, 15) is 18.7 Å². The zero-order chi connectivity index (χ0) is 31.7. The highest BCUT2D eigenvalue weighted by Gasteiger charge is 2.24. The number of nitrogens with zero attached hydrogens (tertiary/aromatic N) is 4. The molecule has 12 heteroatoms. The van der Waals surface area contributed by atoms with Crippen LogP contribution in [-0.2, 0) is 24.3 Å². The van der Waals surface area contributed by atoms with Crippen LogP contribution in [0.1, 0.15) is 45.7 Å². The van der Waals surface area contributed by atoms with Gasteiger partial charge in [0.05, 0.1) is 41.1 Å². The first-order valence-corrected chi connectivity index (χ1v) is 14.0. The Hall–Kier alpha value is -5.28. The number of benzene rings is 3. The molecule has 8 nitrogen and oxygen atoms in total. The number of aromatic nitrogens is 3. The number of hydrogen-bond acceptors (Lipinski definition) is 6. The molecular weight excluding hydrogens is 592 g/mol. The van der Waals surface area contributed by atoms with Gasteiger partial charge in [-0.05, 0) is 60.9 Å². The second-order valence-corrected chi connectivity index (χ2v) is 10.6. The van der Waals surface area contributed by atoms with Crippen molar-refractivity contribution in [2.75, 3.05) is 6.61 Å². The van der Waals surface area contributed by atoms with Crippen LogP contribution in [0.4, 0.5) is 17.6 Å². The third-order valence-electron chi connectivity index (χ3n) is 7.59. The number of carboxylic acid groups (broad SMARTS) is 1. The molecule has 2 aromatic heterocycles. The van der Waals surface area contributed by atoms with Gasteiger partial charge < -0.3 is 19.1 Å². The number of halogens is 4. The van der Waals surface area contributed by atoms with Crippen molar-refractivity contribution in [3.8, 4) is 23.2 Å². The van der Waals surface area contributed by atoms with E-state index in [1.807, 2.05) is 6.07 Å². The summed E-state index contributed by atoms with van der Waals surface area (Å²) in [5.41, 5.74) is 0.111. The zero-order valence-corrected chi connectivity index (χ0v) is 23.6. The largest absolute Gasteiger partial charge is 0.478 e. The van der Waals surface area contributed by atoms with Gasteiger partial charge in [0.1, 0.15) is 35.4 Å². The SMILES string of the molecule is N#Cc1ccc(COc2cccc(-c3cc(F)c(Cc4nc5c(F)cc(C(=O)O)cc5n4C[C@@H]4CCCO4)cc3F)n2)c(F)c1. The molecule has 0 bridgehead atoms. The van der Waals surface area contributed by atoms with Crippen molar-refractivity contribution in [1.82, 2.24) is 14.5 Å². The number of aromatic carboxylic acids is 1. The number of hydrogen-bond donors (Lipinski definition) is 1. The van der Waals surface area contributed by atoms with Crippen LogP contribution in [0.2, 0.25) is 0 Å². The van der Waals surface area contributed by atoms with E-state index in [1.165, 1.54) is 36.4 Å². The standard InChI is InChI=1S/C33H24F4N4O4/c34-24-9-18(15-38)6-7-19(24)17-45-31-5-1-4-28(39-31)23-14-25(35)20(10-26(23)36)13-30-40-32-27(37)11-21(33(42)43)12-29(32)41(30)16-22-3-2-8-44-22/h1,4-7,9-12,14,22H,2-3,8,13,16-17H2,(H,42,43)/t22-/m0/s1. The van der Waals surface area contributed by atoms with Crippen LogP contribution in [-0.4, -0.2) is 38.3 Å². The number of ether oxygens (including phenoxy) is 2. The van der Waals surface area contributed by atoms with Crippen molar-refractivity contribution in [3.63, 3.8) is 0 Å². The van der Waals surface area contributed by atoms with Crippen LogP contribution in [0, 0.1) is 34.6 Å². The number of imidazole rings is 1. The molecule has 1 saturated heterocycles. The molecular formula is C33H24F4N4O4. The monoisotopic (exact) mass is 616 g/mol. The second-order valence-electron chi connectivity index (χ2n) is 10.6. The summed E-state index contributed by atoms with van der Waals surface area (Å²) in [5.74, 6) is -4.05. The van der Waals surface area contributed by atoms with Gasteiger partial charge in [-0.1, -0.05) is 12.1 Å². The first kappa shape index (κ1) is 29.8. The molecule has 0 spiro atoms. The fraction of sp³-hybridized carbons (Fsp3) is 0.212. The van der Waals surface area contributed by atoms with Crippen molar-refractivity contribution in [3.05, 3.63) is 112 Å². The summed E-state index contributed by atoms with van der Waals surface area (Å²) in [7, 11) is 0. The van der Waals surface area contributed by atoms with E-state index < -0.39 is 29.2 Å². The number of carboxylic acids is 1. The molecule has 0 amide bonds. The number of nitriles is 1. The Kier molecular flexibility index (Phi) is 8.19. The van der Waals surface area contributed by atoms with E-state index in [1.54, 1.807) is 4.57 Å². The summed E-state index contributed by atoms with van der Waals surface area (Å²) in [4.78, 5) is 20.2. The minimum atomic E-state index is -1.31. The Morgan fingerprint density at radius 3 is 2.56 bits per heavy atom. The summed E-state index contributed by atoms with van der Waals surface area (Å²) in [6.07, 6.45) is 1.13. The number of pyridine rings is 1. The number of fused-ring (bicyclic) bond motifs is 1. The maximum Gasteiger partial charge on any atom is 0.335 e. The molecule has 0 unspecified atom stereocenters.